The Morgan fingerprint density at radius 1 is 1.21 bits per heavy atom. The molecule has 0 aromatic heterocycles. The van der Waals surface area contributed by atoms with E-state index >= 15 is 0 Å². The maximum absolute atomic E-state index is 14.1. The molecule has 0 heterocycles. The molecule has 2 aromatic carbocycles. The van der Waals surface area contributed by atoms with Crippen molar-refractivity contribution in [1.29, 1.82) is 0 Å². The summed E-state index contributed by atoms with van der Waals surface area (Å²) < 4.78 is 24.7. The fourth-order valence-electron chi connectivity index (χ4n) is 3.27. The van der Waals surface area contributed by atoms with Crippen molar-refractivity contribution < 1.29 is 13.9 Å². The van der Waals surface area contributed by atoms with E-state index in [1.165, 1.54) is 6.07 Å². The Hall–Kier alpha value is -1.74. The Balaban J connectivity index is 0.00000300. The zero-order chi connectivity index (χ0) is 20.1. The molecule has 2 unspecified atom stereocenters. The van der Waals surface area contributed by atoms with Crippen LogP contribution in [0.4, 0.5) is 4.39 Å². The maximum atomic E-state index is 14.1. The van der Waals surface area contributed by atoms with Crippen LogP contribution in [-0.2, 0) is 6.42 Å². The Kier molecular flexibility index (Phi) is 8.82. The first-order valence-corrected chi connectivity index (χ1v) is 9.57. The molecular weight excluding hydrogens is 508 g/mol. The van der Waals surface area contributed by atoms with Crippen molar-refractivity contribution in [3.63, 3.8) is 0 Å². The van der Waals surface area contributed by atoms with E-state index in [4.69, 9.17) is 21.1 Å². The Labute approximate surface area is 193 Å². The largest absolute Gasteiger partial charge is 0.493 e. The van der Waals surface area contributed by atoms with Crippen molar-refractivity contribution in [3.8, 4) is 11.5 Å². The summed E-state index contributed by atoms with van der Waals surface area (Å²) in [5.41, 5.74) is 1.71. The van der Waals surface area contributed by atoms with E-state index in [0.717, 1.165) is 18.4 Å². The molecule has 2 N–H and O–H groups in total. The lowest BCUT2D eigenvalue weighted by molar-refractivity contribution is 0.354. The van der Waals surface area contributed by atoms with Gasteiger partial charge in [0.15, 0.2) is 17.5 Å². The van der Waals surface area contributed by atoms with Gasteiger partial charge in [-0.15, -0.1) is 24.0 Å². The van der Waals surface area contributed by atoms with E-state index in [1.54, 1.807) is 33.4 Å². The molecule has 158 valence electrons. The van der Waals surface area contributed by atoms with Crippen molar-refractivity contribution in [2.45, 2.75) is 24.8 Å². The molecule has 0 radical (unpaired) electrons. The van der Waals surface area contributed by atoms with Gasteiger partial charge in [-0.1, -0.05) is 23.7 Å². The summed E-state index contributed by atoms with van der Waals surface area (Å²) in [7, 11) is 4.97. The van der Waals surface area contributed by atoms with Gasteiger partial charge in [-0.2, -0.15) is 0 Å². The van der Waals surface area contributed by atoms with E-state index in [9.17, 15) is 4.39 Å². The summed E-state index contributed by atoms with van der Waals surface area (Å²) in [4.78, 5) is 4.26. The van der Waals surface area contributed by atoms with Crippen LogP contribution in [0.25, 0.3) is 0 Å². The van der Waals surface area contributed by atoms with Crippen molar-refractivity contribution in [2.75, 3.05) is 27.8 Å². The molecular formula is C21H26ClFIN3O2. The van der Waals surface area contributed by atoms with Gasteiger partial charge in [-0.25, -0.2) is 4.39 Å². The molecule has 1 fully saturated rings. The number of benzene rings is 2. The lowest BCUT2D eigenvalue weighted by Gasteiger charge is -2.13. The number of halogens is 3. The maximum Gasteiger partial charge on any atom is 0.191 e. The quantitative estimate of drug-likeness (QED) is 0.315. The number of rotatable bonds is 7. The number of hydrogen-bond donors (Lipinski definition) is 2. The number of hydrogen-bond acceptors (Lipinski definition) is 3. The van der Waals surface area contributed by atoms with Gasteiger partial charge in [0.05, 0.1) is 14.2 Å². The lowest BCUT2D eigenvalue weighted by atomic mass is 10.1. The molecule has 0 aliphatic heterocycles. The summed E-state index contributed by atoms with van der Waals surface area (Å²) in [6.07, 6.45) is 1.63. The fraction of sp³-hybridized carbons (Fsp3) is 0.381. The molecule has 3 rings (SSSR count). The first-order chi connectivity index (χ1) is 13.6. The Bertz CT molecular complexity index is 846. The monoisotopic (exact) mass is 533 g/mol. The van der Waals surface area contributed by atoms with E-state index in [0.29, 0.717) is 34.6 Å². The molecule has 0 saturated heterocycles. The first-order valence-electron chi connectivity index (χ1n) is 9.19. The van der Waals surface area contributed by atoms with Crippen LogP contribution >= 0.6 is 35.6 Å². The van der Waals surface area contributed by atoms with E-state index in [-0.39, 0.29) is 41.8 Å². The third kappa shape index (κ3) is 5.88. The second kappa shape index (κ2) is 10.9. The minimum absolute atomic E-state index is 0. The van der Waals surface area contributed by atoms with Crippen LogP contribution in [0.3, 0.4) is 0 Å². The summed E-state index contributed by atoms with van der Waals surface area (Å²) in [6, 6.07) is 10.8. The highest BCUT2D eigenvalue weighted by Gasteiger charge is 2.41. The zero-order valence-corrected chi connectivity index (χ0v) is 19.8. The van der Waals surface area contributed by atoms with Gasteiger partial charge in [0.25, 0.3) is 0 Å². The van der Waals surface area contributed by atoms with Crippen molar-refractivity contribution in [1.82, 2.24) is 10.6 Å². The van der Waals surface area contributed by atoms with Gasteiger partial charge in [0.2, 0.25) is 0 Å². The molecule has 1 aliphatic carbocycles. The molecule has 29 heavy (non-hydrogen) atoms. The number of aliphatic imine (C=N–C) groups is 1. The van der Waals surface area contributed by atoms with Crippen LogP contribution < -0.4 is 20.1 Å². The van der Waals surface area contributed by atoms with Crippen LogP contribution in [0, 0.1) is 5.82 Å². The second-order valence-electron chi connectivity index (χ2n) is 6.67. The first kappa shape index (κ1) is 23.5. The molecule has 8 heteroatoms. The van der Waals surface area contributed by atoms with Gasteiger partial charge >= 0.3 is 0 Å². The number of nitrogens with zero attached hydrogens (tertiary/aromatic N) is 1. The topological polar surface area (TPSA) is 54.9 Å². The fourth-order valence-corrected chi connectivity index (χ4v) is 3.57. The number of nitrogens with one attached hydrogen (secondary N) is 2. The van der Waals surface area contributed by atoms with E-state index in [2.05, 4.69) is 15.6 Å². The van der Waals surface area contributed by atoms with Crippen molar-refractivity contribution >= 4 is 41.5 Å². The molecule has 0 bridgehead atoms. The molecule has 5 nitrogen and oxygen atoms in total. The molecule has 1 saturated carbocycles. The summed E-state index contributed by atoms with van der Waals surface area (Å²) >= 11 is 6.17. The Morgan fingerprint density at radius 3 is 2.62 bits per heavy atom. The SMILES string of the molecule is CN=C(NCCc1ccc(OC)c(OC)c1)NC1CC1c1c(F)cccc1Cl.I. The smallest absolute Gasteiger partial charge is 0.191 e. The highest BCUT2D eigenvalue weighted by atomic mass is 127. The molecule has 2 aromatic rings. The lowest BCUT2D eigenvalue weighted by Crippen LogP contribution is -2.40. The number of methoxy groups -OCH3 is 2. The van der Waals surface area contributed by atoms with Crippen LogP contribution in [0.1, 0.15) is 23.5 Å². The van der Waals surface area contributed by atoms with Gasteiger partial charge in [0.1, 0.15) is 5.82 Å². The summed E-state index contributed by atoms with van der Waals surface area (Å²) in [5.74, 6) is 1.94. The van der Waals surface area contributed by atoms with Crippen LogP contribution in [0.15, 0.2) is 41.4 Å². The number of guanidine groups is 1. The standard InChI is InChI=1S/C21H25ClFN3O2.HI/c1-24-21(25-10-9-13-7-8-18(27-2)19(11-13)28-3)26-17-12-14(17)20-15(22)5-4-6-16(20)23;/h4-8,11,14,17H,9-10,12H2,1-3H3,(H2,24,25,26);1H. The molecule has 0 spiro atoms. The van der Waals surface area contributed by atoms with Crippen molar-refractivity contribution in [3.05, 3.63) is 58.4 Å². The molecule has 0 amide bonds. The average molecular weight is 534 g/mol. The highest BCUT2D eigenvalue weighted by Crippen LogP contribution is 2.44. The van der Waals surface area contributed by atoms with E-state index < -0.39 is 0 Å². The Morgan fingerprint density at radius 2 is 1.97 bits per heavy atom. The third-order valence-electron chi connectivity index (χ3n) is 4.86. The van der Waals surface area contributed by atoms with Crippen LogP contribution in [-0.4, -0.2) is 39.8 Å². The van der Waals surface area contributed by atoms with Crippen molar-refractivity contribution in [2.24, 2.45) is 4.99 Å². The van der Waals surface area contributed by atoms with Gasteiger partial charge in [-0.3, -0.25) is 4.99 Å². The second-order valence-corrected chi connectivity index (χ2v) is 7.07. The summed E-state index contributed by atoms with van der Waals surface area (Å²) in [6.45, 7) is 0.701. The number of ether oxygens (including phenoxy) is 2. The normalized spacial score (nSPS) is 17.9. The molecule has 1 aliphatic rings. The minimum atomic E-state index is -0.252. The summed E-state index contributed by atoms with van der Waals surface area (Å²) in [5, 5.41) is 7.11. The zero-order valence-electron chi connectivity index (χ0n) is 16.7. The van der Waals surface area contributed by atoms with Gasteiger partial charge in [-0.05, 0) is 42.7 Å². The predicted molar refractivity (Wildman–Crippen MR) is 126 cm³/mol. The van der Waals surface area contributed by atoms with E-state index in [1.807, 2.05) is 18.2 Å². The van der Waals surface area contributed by atoms with Crippen LogP contribution in [0.5, 0.6) is 11.5 Å². The van der Waals surface area contributed by atoms with Crippen LogP contribution in [0.2, 0.25) is 5.02 Å². The average Bonchev–Trinajstić information content (AvgIpc) is 3.45. The van der Waals surface area contributed by atoms with Gasteiger partial charge < -0.3 is 20.1 Å². The highest BCUT2D eigenvalue weighted by molar-refractivity contribution is 14.0. The third-order valence-corrected chi connectivity index (χ3v) is 5.19. The molecule has 2 atom stereocenters. The van der Waals surface area contributed by atoms with Gasteiger partial charge in [0, 0.05) is 36.1 Å². The minimum Gasteiger partial charge on any atom is -0.493 e. The predicted octanol–water partition coefficient (Wildman–Crippen LogP) is 4.38.